The van der Waals surface area contributed by atoms with Crippen LogP contribution in [0.5, 0.6) is 5.75 Å². The molecule has 4 nitrogen and oxygen atoms in total. The largest absolute Gasteiger partial charge is 0.493 e. The number of benzene rings is 1. The number of hydrogen-bond acceptors (Lipinski definition) is 3. The van der Waals surface area contributed by atoms with Crippen LogP contribution >= 0.6 is 0 Å². The predicted molar refractivity (Wildman–Crippen MR) is 72.6 cm³/mol. The molecule has 21 heavy (non-hydrogen) atoms. The maximum Gasteiger partial charge on any atom is 0.419 e. The van der Waals surface area contributed by atoms with E-state index in [1.165, 1.54) is 25.1 Å². The average Bonchev–Trinajstić information content (AvgIpc) is 2.37. The molecule has 0 aromatic heterocycles. The fourth-order valence-electron chi connectivity index (χ4n) is 1.73. The summed E-state index contributed by atoms with van der Waals surface area (Å²) in [5.74, 6) is -0.804. The highest BCUT2D eigenvalue weighted by Crippen LogP contribution is 2.35. The highest BCUT2D eigenvalue weighted by Gasteiger charge is 2.34. The SMILES string of the molecule is CC(N)(CCCCOc1ccccc1C(F)(F)F)C(N)=O. The molecule has 0 spiro atoms. The van der Waals surface area contributed by atoms with Crippen molar-refractivity contribution >= 4 is 5.91 Å². The molecular weight excluding hydrogens is 285 g/mol. The molecule has 0 radical (unpaired) electrons. The summed E-state index contributed by atoms with van der Waals surface area (Å²) in [7, 11) is 0. The molecule has 0 bridgehead atoms. The normalized spacial score (nSPS) is 14.5. The average molecular weight is 304 g/mol. The van der Waals surface area contributed by atoms with Crippen LogP contribution in [0.4, 0.5) is 13.2 Å². The van der Waals surface area contributed by atoms with Gasteiger partial charge >= 0.3 is 6.18 Å². The van der Waals surface area contributed by atoms with E-state index in [4.69, 9.17) is 16.2 Å². The third kappa shape index (κ3) is 5.26. The van der Waals surface area contributed by atoms with Gasteiger partial charge in [-0.1, -0.05) is 12.1 Å². The number of nitrogens with two attached hydrogens (primary N) is 2. The van der Waals surface area contributed by atoms with Crippen molar-refractivity contribution < 1.29 is 22.7 Å². The summed E-state index contributed by atoms with van der Waals surface area (Å²) in [5.41, 5.74) is 8.89. The molecule has 1 atom stereocenters. The number of carbonyl (C=O) groups excluding carboxylic acids is 1. The van der Waals surface area contributed by atoms with Crippen LogP contribution < -0.4 is 16.2 Å². The summed E-state index contributed by atoms with van der Waals surface area (Å²) in [4.78, 5) is 11.0. The van der Waals surface area contributed by atoms with Gasteiger partial charge in [0.2, 0.25) is 5.91 Å². The van der Waals surface area contributed by atoms with Crippen LogP contribution in [0.15, 0.2) is 24.3 Å². The second-order valence-corrected chi connectivity index (χ2v) is 5.08. The first-order valence-electron chi connectivity index (χ1n) is 6.52. The van der Waals surface area contributed by atoms with Crippen molar-refractivity contribution in [2.24, 2.45) is 11.5 Å². The Hall–Kier alpha value is -1.76. The molecule has 0 fully saturated rings. The zero-order valence-corrected chi connectivity index (χ0v) is 11.7. The maximum atomic E-state index is 12.7. The number of carbonyl (C=O) groups is 1. The van der Waals surface area contributed by atoms with Gasteiger partial charge in [-0.05, 0) is 38.3 Å². The molecule has 0 saturated heterocycles. The van der Waals surface area contributed by atoms with Gasteiger partial charge in [-0.25, -0.2) is 0 Å². The van der Waals surface area contributed by atoms with Crippen LogP contribution in [0, 0.1) is 0 Å². The molecular formula is C14H19F3N2O2. The van der Waals surface area contributed by atoms with Crippen molar-refractivity contribution in [3.8, 4) is 5.75 Å². The molecule has 1 amide bonds. The number of unbranched alkanes of at least 4 members (excludes halogenated alkanes) is 1. The molecule has 4 N–H and O–H groups in total. The molecule has 0 aliphatic carbocycles. The lowest BCUT2D eigenvalue weighted by Crippen LogP contribution is -2.49. The highest BCUT2D eigenvalue weighted by atomic mass is 19.4. The van der Waals surface area contributed by atoms with Gasteiger partial charge in [0.15, 0.2) is 0 Å². The topological polar surface area (TPSA) is 78.3 Å². The number of primary amides is 1. The van der Waals surface area contributed by atoms with Gasteiger partial charge in [0.25, 0.3) is 0 Å². The third-order valence-electron chi connectivity index (χ3n) is 3.10. The predicted octanol–water partition coefficient (Wildman–Crippen LogP) is 2.46. The third-order valence-corrected chi connectivity index (χ3v) is 3.10. The van der Waals surface area contributed by atoms with Gasteiger partial charge in [-0.15, -0.1) is 0 Å². The summed E-state index contributed by atoms with van der Waals surface area (Å²) in [6.45, 7) is 1.64. The second-order valence-electron chi connectivity index (χ2n) is 5.08. The van der Waals surface area contributed by atoms with E-state index in [9.17, 15) is 18.0 Å². The highest BCUT2D eigenvalue weighted by molar-refractivity contribution is 5.83. The molecule has 0 aliphatic heterocycles. The lowest BCUT2D eigenvalue weighted by molar-refractivity contribution is -0.139. The fraction of sp³-hybridized carbons (Fsp3) is 0.500. The van der Waals surface area contributed by atoms with E-state index in [2.05, 4.69) is 0 Å². The van der Waals surface area contributed by atoms with Gasteiger partial charge in [0, 0.05) is 0 Å². The summed E-state index contributed by atoms with van der Waals surface area (Å²) >= 11 is 0. The first-order valence-corrected chi connectivity index (χ1v) is 6.52. The lowest BCUT2D eigenvalue weighted by Gasteiger charge is -2.20. The van der Waals surface area contributed by atoms with Crippen LogP contribution in [0.1, 0.15) is 31.7 Å². The van der Waals surface area contributed by atoms with Crippen LogP contribution in [-0.2, 0) is 11.0 Å². The Morgan fingerprint density at radius 1 is 1.24 bits per heavy atom. The van der Waals surface area contributed by atoms with Gasteiger partial charge in [0.1, 0.15) is 5.75 Å². The number of hydrogen-bond donors (Lipinski definition) is 2. The Bertz CT molecular complexity index is 487. The molecule has 0 aliphatic rings. The van der Waals surface area contributed by atoms with Crippen LogP contribution in [0.3, 0.4) is 0 Å². The Morgan fingerprint density at radius 2 is 1.86 bits per heavy atom. The minimum absolute atomic E-state index is 0.113. The van der Waals surface area contributed by atoms with E-state index in [0.717, 1.165) is 6.07 Å². The van der Waals surface area contributed by atoms with E-state index in [0.29, 0.717) is 19.3 Å². The van der Waals surface area contributed by atoms with E-state index >= 15 is 0 Å². The molecule has 1 aromatic rings. The molecule has 1 aromatic carbocycles. The first-order chi connectivity index (χ1) is 9.64. The number of rotatable bonds is 7. The Labute approximate surface area is 121 Å². The van der Waals surface area contributed by atoms with Gasteiger partial charge < -0.3 is 16.2 Å². The lowest BCUT2D eigenvalue weighted by atomic mass is 9.96. The Morgan fingerprint density at radius 3 is 2.43 bits per heavy atom. The van der Waals surface area contributed by atoms with E-state index in [1.807, 2.05) is 0 Å². The van der Waals surface area contributed by atoms with Crippen molar-refractivity contribution in [2.45, 2.75) is 37.9 Å². The monoisotopic (exact) mass is 304 g/mol. The van der Waals surface area contributed by atoms with Crippen molar-refractivity contribution in [3.63, 3.8) is 0 Å². The standard InChI is InChI=1S/C14H19F3N2O2/c1-13(19,12(18)20)8-4-5-9-21-11-7-3-2-6-10(11)14(15,16)17/h2-3,6-7H,4-5,8-9,19H2,1H3,(H2,18,20). The number of ether oxygens (including phenoxy) is 1. The van der Waals surface area contributed by atoms with Gasteiger partial charge in [-0.3, -0.25) is 4.79 Å². The summed E-state index contributed by atoms with van der Waals surface area (Å²) in [5, 5.41) is 0. The van der Waals surface area contributed by atoms with Crippen molar-refractivity contribution in [2.75, 3.05) is 6.61 Å². The first kappa shape index (κ1) is 17.3. The van der Waals surface area contributed by atoms with Crippen molar-refractivity contribution in [1.82, 2.24) is 0 Å². The van der Waals surface area contributed by atoms with Crippen LogP contribution in [-0.4, -0.2) is 18.1 Å². The van der Waals surface area contributed by atoms with E-state index < -0.39 is 23.2 Å². The second kappa shape index (κ2) is 6.80. The van der Waals surface area contributed by atoms with Crippen molar-refractivity contribution in [3.05, 3.63) is 29.8 Å². The fourth-order valence-corrected chi connectivity index (χ4v) is 1.73. The molecule has 0 saturated carbocycles. The van der Waals surface area contributed by atoms with E-state index in [-0.39, 0.29) is 12.4 Å². The molecule has 1 rings (SSSR count). The number of halogens is 3. The summed E-state index contributed by atoms with van der Waals surface area (Å²) in [6.07, 6.45) is -3.08. The van der Waals surface area contributed by atoms with Crippen LogP contribution in [0.25, 0.3) is 0 Å². The number of amides is 1. The smallest absolute Gasteiger partial charge is 0.419 e. The number of alkyl halides is 3. The molecule has 118 valence electrons. The van der Waals surface area contributed by atoms with Gasteiger partial charge in [0.05, 0.1) is 17.7 Å². The molecule has 1 unspecified atom stereocenters. The van der Waals surface area contributed by atoms with Crippen molar-refractivity contribution in [1.29, 1.82) is 0 Å². The molecule has 7 heteroatoms. The molecule has 0 heterocycles. The Kier molecular flexibility index (Phi) is 5.60. The quantitative estimate of drug-likeness (QED) is 0.760. The minimum Gasteiger partial charge on any atom is -0.493 e. The Balaban J connectivity index is 2.46. The number of para-hydroxylation sites is 1. The summed E-state index contributed by atoms with van der Waals surface area (Å²) in [6, 6.07) is 5.04. The minimum atomic E-state index is -4.45. The zero-order chi connectivity index (χ0) is 16.1. The van der Waals surface area contributed by atoms with E-state index in [1.54, 1.807) is 0 Å². The van der Waals surface area contributed by atoms with Gasteiger partial charge in [-0.2, -0.15) is 13.2 Å². The zero-order valence-electron chi connectivity index (χ0n) is 11.7. The van der Waals surface area contributed by atoms with Crippen LogP contribution in [0.2, 0.25) is 0 Å². The summed E-state index contributed by atoms with van der Waals surface area (Å²) < 4.78 is 43.3. The maximum absolute atomic E-state index is 12.7.